The number of H-pyrrole nitrogens is 1. The van der Waals surface area contributed by atoms with E-state index < -0.39 is 5.91 Å². The number of benzene rings is 1. The number of primary amides is 1. The normalized spacial score (nSPS) is 10.2. The summed E-state index contributed by atoms with van der Waals surface area (Å²) < 4.78 is 0. The summed E-state index contributed by atoms with van der Waals surface area (Å²) in [5.74, 6) is -0.397. The monoisotopic (exact) mass is 200 g/mol. The number of carbonyl (C=O) groups excluding carboxylic acids is 1. The van der Waals surface area contributed by atoms with Gasteiger partial charge < -0.3 is 10.7 Å². The first-order valence-electron chi connectivity index (χ1n) is 4.72. The molecule has 0 aliphatic rings. The maximum absolute atomic E-state index is 11.2. The Kier molecular flexibility index (Phi) is 2.29. The van der Waals surface area contributed by atoms with E-state index in [-0.39, 0.29) is 0 Å². The van der Waals surface area contributed by atoms with Crippen LogP contribution < -0.4 is 5.73 Å². The third-order valence-corrected chi connectivity index (χ3v) is 2.35. The van der Waals surface area contributed by atoms with Crippen LogP contribution in [0.3, 0.4) is 0 Å². The maximum atomic E-state index is 11.2. The Morgan fingerprint density at radius 3 is 2.73 bits per heavy atom. The number of hydrogen-bond acceptors (Lipinski definition) is 1. The third-order valence-electron chi connectivity index (χ3n) is 2.35. The molecule has 3 heteroatoms. The molecule has 0 spiro atoms. The Bertz CT molecular complexity index is 486. The molecule has 0 fully saturated rings. The van der Waals surface area contributed by atoms with Gasteiger partial charge in [-0.15, -0.1) is 0 Å². The molecule has 0 atom stereocenters. The largest absolute Gasteiger partial charge is 0.367 e. The van der Waals surface area contributed by atoms with Crippen LogP contribution in [0.2, 0.25) is 0 Å². The van der Waals surface area contributed by atoms with E-state index in [4.69, 9.17) is 5.73 Å². The number of hydrogen-bond donors (Lipinski definition) is 2. The Morgan fingerprint density at radius 1 is 1.33 bits per heavy atom. The van der Waals surface area contributed by atoms with Gasteiger partial charge in [0, 0.05) is 18.0 Å². The van der Waals surface area contributed by atoms with Gasteiger partial charge in [0.15, 0.2) is 0 Å². The topological polar surface area (TPSA) is 58.9 Å². The molecule has 0 bridgehead atoms. The van der Waals surface area contributed by atoms with E-state index in [2.05, 4.69) is 4.98 Å². The summed E-state index contributed by atoms with van der Waals surface area (Å²) in [4.78, 5) is 14.2. The van der Waals surface area contributed by atoms with E-state index in [1.807, 2.05) is 37.5 Å². The fourth-order valence-corrected chi connectivity index (χ4v) is 1.60. The summed E-state index contributed by atoms with van der Waals surface area (Å²) in [5.41, 5.74) is 8.84. The Balaban J connectivity index is 2.63. The molecule has 3 N–H and O–H groups in total. The third kappa shape index (κ3) is 1.76. The number of amides is 1. The number of aromatic nitrogens is 1. The number of rotatable bonds is 2. The molecule has 0 aliphatic carbocycles. The van der Waals surface area contributed by atoms with E-state index >= 15 is 0 Å². The van der Waals surface area contributed by atoms with Crippen LogP contribution in [-0.4, -0.2) is 10.9 Å². The summed E-state index contributed by atoms with van der Waals surface area (Å²) >= 11 is 0. The molecular formula is C12H12N2O. The predicted octanol–water partition coefficient (Wildman–Crippen LogP) is 2.09. The van der Waals surface area contributed by atoms with Crippen LogP contribution >= 0.6 is 0 Å². The fraction of sp³-hybridized carbons (Fsp3) is 0.0833. The Morgan fingerprint density at radius 2 is 2.13 bits per heavy atom. The minimum Gasteiger partial charge on any atom is -0.367 e. The lowest BCUT2D eigenvalue weighted by molar-refractivity contribution is 0.100. The van der Waals surface area contributed by atoms with E-state index in [0.717, 1.165) is 16.7 Å². The van der Waals surface area contributed by atoms with Crippen molar-refractivity contribution >= 4 is 5.91 Å². The number of nitrogens with one attached hydrogen (secondary N) is 1. The van der Waals surface area contributed by atoms with Crippen molar-refractivity contribution in [2.75, 3.05) is 0 Å². The molecule has 0 unspecified atom stereocenters. The second-order valence-electron chi connectivity index (χ2n) is 3.51. The summed E-state index contributed by atoms with van der Waals surface area (Å²) in [6.45, 7) is 1.99. The van der Waals surface area contributed by atoms with Crippen LogP contribution in [0.25, 0.3) is 11.1 Å². The highest BCUT2D eigenvalue weighted by Crippen LogP contribution is 2.24. The Labute approximate surface area is 87.9 Å². The molecule has 1 aromatic carbocycles. The van der Waals surface area contributed by atoms with Crippen molar-refractivity contribution in [3.05, 3.63) is 47.8 Å². The first-order chi connectivity index (χ1) is 7.18. The molecule has 0 aliphatic heterocycles. The lowest BCUT2D eigenvalue weighted by Gasteiger charge is -2.05. The average molecular weight is 200 g/mol. The van der Waals surface area contributed by atoms with Crippen molar-refractivity contribution in [3.8, 4) is 11.1 Å². The summed E-state index contributed by atoms with van der Waals surface area (Å²) in [6.07, 6.45) is 3.67. The smallest absolute Gasteiger partial charge is 0.249 e. The van der Waals surface area contributed by atoms with Crippen LogP contribution in [0.5, 0.6) is 0 Å². The standard InChI is InChI=1S/C12H12N2O/c1-8-2-3-10(12(13)15)11(6-8)9-4-5-14-7-9/h2-7,14H,1H3,(H2,13,15). The molecule has 0 saturated heterocycles. The molecule has 2 rings (SSSR count). The van der Waals surface area contributed by atoms with Gasteiger partial charge in [-0.2, -0.15) is 0 Å². The van der Waals surface area contributed by atoms with E-state index in [1.165, 1.54) is 0 Å². The summed E-state index contributed by atoms with van der Waals surface area (Å²) in [6, 6.07) is 7.53. The molecule has 15 heavy (non-hydrogen) atoms. The van der Waals surface area contributed by atoms with Gasteiger partial charge in [-0.1, -0.05) is 17.7 Å². The van der Waals surface area contributed by atoms with Crippen LogP contribution in [0, 0.1) is 6.92 Å². The number of nitrogens with two attached hydrogens (primary N) is 1. The number of carbonyl (C=O) groups is 1. The van der Waals surface area contributed by atoms with Crippen molar-refractivity contribution in [2.24, 2.45) is 5.73 Å². The zero-order valence-corrected chi connectivity index (χ0v) is 8.45. The average Bonchev–Trinajstić information content (AvgIpc) is 2.69. The predicted molar refractivity (Wildman–Crippen MR) is 59.5 cm³/mol. The molecule has 1 heterocycles. The maximum Gasteiger partial charge on any atom is 0.249 e. The van der Waals surface area contributed by atoms with Gasteiger partial charge in [0.1, 0.15) is 0 Å². The molecule has 3 nitrogen and oxygen atoms in total. The second-order valence-corrected chi connectivity index (χ2v) is 3.51. The zero-order chi connectivity index (χ0) is 10.8. The first kappa shape index (κ1) is 9.52. The highest BCUT2D eigenvalue weighted by atomic mass is 16.1. The lowest BCUT2D eigenvalue weighted by atomic mass is 9.99. The number of aryl methyl sites for hydroxylation is 1. The van der Waals surface area contributed by atoms with Crippen molar-refractivity contribution in [1.29, 1.82) is 0 Å². The molecule has 76 valence electrons. The van der Waals surface area contributed by atoms with Crippen molar-refractivity contribution in [3.63, 3.8) is 0 Å². The molecule has 1 amide bonds. The van der Waals surface area contributed by atoms with Crippen molar-refractivity contribution < 1.29 is 4.79 Å². The van der Waals surface area contributed by atoms with Crippen LogP contribution in [-0.2, 0) is 0 Å². The van der Waals surface area contributed by atoms with Crippen molar-refractivity contribution in [2.45, 2.75) is 6.92 Å². The molecule has 0 saturated carbocycles. The van der Waals surface area contributed by atoms with Crippen molar-refractivity contribution in [1.82, 2.24) is 4.98 Å². The minimum absolute atomic E-state index is 0.397. The van der Waals surface area contributed by atoms with E-state index in [0.29, 0.717) is 5.56 Å². The van der Waals surface area contributed by atoms with Crippen LogP contribution in [0.15, 0.2) is 36.7 Å². The van der Waals surface area contributed by atoms with Gasteiger partial charge in [-0.05, 0) is 30.2 Å². The first-order valence-corrected chi connectivity index (χ1v) is 4.72. The van der Waals surface area contributed by atoms with Gasteiger partial charge >= 0.3 is 0 Å². The minimum atomic E-state index is -0.397. The summed E-state index contributed by atoms with van der Waals surface area (Å²) in [7, 11) is 0. The molecule has 2 aromatic rings. The lowest BCUT2D eigenvalue weighted by Crippen LogP contribution is -2.12. The quantitative estimate of drug-likeness (QED) is 0.766. The van der Waals surface area contributed by atoms with E-state index in [9.17, 15) is 4.79 Å². The molecule has 0 radical (unpaired) electrons. The van der Waals surface area contributed by atoms with Crippen LogP contribution in [0.4, 0.5) is 0 Å². The summed E-state index contributed by atoms with van der Waals surface area (Å²) in [5, 5.41) is 0. The van der Waals surface area contributed by atoms with Gasteiger partial charge in [-0.25, -0.2) is 0 Å². The van der Waals surface area contributed by atoms with Gasteiger partial charge in [0.05, 0.1) is 0 Å². The number of aromatic amines is 1. The van der Waals surface area contributed by atoms with Gasteiger partial charge in [0.2, 0.25) is 5.91 Å². The zero-order valence-electron chi connectivity index (χ0n) is 8.45. The van der Waals surface area contributed by atoms with Gasteiger partial charge in [0.25, 0.3) is 0 Å². The van der Waals surface area contributed by atoms with Crippen LogP contribution in [0.1, 0.15) is 15.9 Å². The molecular weight excluding hydrogens is 188 g/mol. The highest BCUT2D eigenvalue weighted by molar-refractivity contribution is 5.99. The van der Waals surface area contributed by atoms with Gasteiger partial charge in [-0.3, -0.25) is 4.79 Å². The molecule has 1 aromatic heterocycles. The van der Waals surface area contributed by atoms with E-state index in [1.54, 1.807) is 6.07 Å². The fourth-order valence-electron chi connectivity index (χ4n) is 1.60. The SMILES string of the molecule is Cc1ccc(C(N)=O)c(-c2cc[nH]c2)c1. The Hall–Kier alpha value is -2.03. The highest BCUT2D eigenvalue weighted by Gasteiger charge is 2.09. The second kappa shape index (κ2) is 3.61.